The maximum Gasteiger partial charge on any atom is 0.222 e. The minimum atomic E-state index is 0.630. The summed E-state index contributed by atoms with van der Waals surface area (Å²) < 4.78 is 0. The van der Waals surface area contributed by atoms with Crippen LogP contribution < -0.4 is 5.32 Å². The standard InChI is InChI=1S/C11H15N5/c1-7-4-12-11(13-5-7)14-6-10-8(2)9(3)15-16-10/h4-5H,6H2,1-3H3,(H,15,16)(H,12,13,14). The Bertz CT molecular complexity index is 472. The zero-order valence-corrected chi connectivity index (χ0v) is 9.70. The molecule has 0 fully saturated rings. The van der Waals surface area contributed by atoms with Crippen LogP contribution in [0.2, 0.25) is 0 Å². The van der Waals surface area contributed by atoms with Gasteiger partial charge in [-0.2, -0.15) is 5.10 Å². The molecule has 0 aliphatic carbocycles. The number of aromatic amines is 1. The molecule has 0 amide bonds. The Kier molecular flexibility index (Phi) is 2.85. The lowest BCUT2D eigenvalue weighted by molar-refractivity contribution is 0.947. The van der Waals surface area contributed by atoms with Crippen molar-refractivity contribution >= 4 is 5.95 Å². The maximum atomic E-state index is 4.20. The number of hydrogen-bond donors (Lipinski definition) is 2. The Morgan fingerprint density at radius 1 is 1.19 bits per heavy atom. The van der Waals surface area contributed by atoms with E-state index in [1.54, 1.807) is 12.4 Å². The van der Waals surface area contributed by atoms with Crippen LogP contribution in [0, 0.1) is 20.8 Å². The summed E-state index contributed by atoms with van der Waals surface area (Å²) in [6.07, 6.45) is 3.58. The Labute approximate surface area is 94.3 Å². The summed E-state index contributed by atoms with van der Waals surface area (Å²) in [5.41, 5.74) is 4.33. The van der Waals surface area contributed by atoms with Crippen LogP contribution in [-0.4, -0.2) is 20.2 Å². The molecular weight excluding hydrogens is 202 g/mol. The zero-order valence-electron chi connectivity index (χ0n) is 9.70. The third-order valence-electron chi connectivity index (χ3n) is 2.55. The molecule has 0 aliphatic rings. The van der Waals surface area contributed by atoms with Crippen molar-refractivity contribution in [3.63, 3.8) is 0 Å². The van der Waals surface area contributed by atoms with Crippen LogP contribution in [0.3, 0.4) is 0 Å². The van der Waals surface area contributed by atoms with E-state index >= 15 is 0 Å². The molecule has 5 nitrogen and oxygen atoms in total. The molecule has 84 valence electrons. The highest BCUT2D eigenvalue weighted by molar-refractivity contribution is 5.29. The number of aromatic nitrogens is 4. The predicted octanol–water partition coefficient (Wildman–Crippen LogP) is 1.74. The summed E-state index contributed by atoms with van der Waals surface area (Å²) in [4.78, 5) is 8.34. The number of anilines is 1. The quantitative estimate of drug-likeness (QED) is 0.821. The Balaban J connectivity index is 2.02. The molecule has 2 rings (SSSR count). The molecule has 2 aromatic heterocycles. The summed E-state index contributed by atoms with van der Waals surface area (Å²) in [6, 6.07) is 0. The Morgan fingerprint density at radius 2 is 1.88 bits per heavy atom. The highest BCUT2D eigenvalue weighted by Crippen LogP contribution is 2.09. The van der Waals surface area contributed by atoms with Crippen molar-refractivity contribution in [3.05, 3.63) is 34.9 Å². The third kappa shape index (κ3) is 2.18. The second-order valence-corrected chi connectivity index (χ2v) is 3.86. The number of nitrogens with one attached hydrogen (secondary N) is 2. The summed E-state index contributed by atoms with van der Waals surface area (Å²) in [6.45, 7) is 6.66. The van der Waals surface area contributed by atoms with E-state index in [9.17, 15) is 0 Å². The van der Waals surface area contributed by atoms with Gasteiger partial charge >= 0.3 is 0 Å². The van der Waals surface area contributed by atoms with Gasteiger partial charge < -0.3 is 5.32 Å². The molecule has 0 radical (unpaired) electrons. The minimum Gasteiger partial charge on any atom is -0.348 e. The van der Waals surface area contributed by atoms with Crippen LogP contribution in [0.15, 0.2) is 12.4 Å². The second kappa shape index (κ2) is 4.30. The first-order valence-electron chi connectivity index (χ1n) is 5.20. The number of rotatable bonds is 3. The number of H-pyrrole nitrogens is 1. The van der Waals surface area contributed by atoms with Crippen molar-refractivity contribution in [2.24, 2.45) is 0 Å². The number of aryl methyl sites for hydroxylation is 2. The van der Waals surface area contributed by atoms with Crippen molar-refractivity contribution in [2.45, 2.75) is 27.3 Å². The van der Waals surface area contributed by atoms with E-state index in [0.717, 1.165) is 17.0 Å². The molecule has 0 saturated carbocycles. The largest absolute Gasteiger partial charge is 0.348 e. The SMILES string of the molecule is Cc1cnc(NCc2n[nH]c(C)c2C)nc1. The minimum absolute atomic E-state index is 0.630. The van der Waals surface area contributed by atoms with Crippen molar-refractivity contribution in [1.82, 2.24) is 20.2 Å². The average Bonchev–Trinajstić information content (AvgIpc) is 2.60. The average molecular weight is 217 g/mol. The fraction of sp³-hybridized carbons (Fsp3) is 0.364. The fourth-order valence-electron chi connectivity index (χ4n) is 1.35. The summed E-state index contributed by atoms with van der Waals surface area (Å²) in [7, 11) is 0. The van der Waals surface area contributed by atoms with Crippen LogP contribution in [0.4, 0.5) is 5.95 Å². The summed E-state index contributed by atoms with van der Waals surface area (Å²) in [5.74, 6) is 0.630. The van der Waals surface area contributed by atoms with E-state index in [2.05, 4.69) is 25.5 Å². The molecule has 0 spiro atoms. The van der Waals surface area contributed by atoms with Gasteiger partial charge in [-0.15, -0.1) is 0 Å². The van der Waals surface area contributed by atoms with Gasteiger partial charge in [-0.1, -0.05) is 0 Å². The first-order chi connectivity index (χ1) is 7.66. The second-order valence-electron chi connectivity index (χ2n) is 3.86. The molecule has 0 atom stereocenters. The van der Waals surface area contributed by atoms with Crippen molar-refractivity contribution in [3.8, 4) is 0 Å². The van der Waals surface area contributed by atoms with Gasteiger partial charge in [0, 0.05) is 18.1 Å². The fourth-order valence-corrected chi connectivity index (χ4v) is 1.35. The lowest BCUT2D eigenvalue weighted by Crippen LogP contribution is -2.04. The van der Waals surface area contributed by atoms with Gasteiger partial charge in [0.2, 0.25) is 5.95 Å². The van der Waals surface area contributed by atoms with Gasteiger partial charge in [-0.05, 0) is 31.9 Å². The van der Waals surface area contributed by atoms with E-state index in [1.165, 1.54) is 5.56 Å². The Hall–Kier alpha value is -1.91. The summed E-state index contributed by atoms with van der Waals surface area (Å²) in [5, 5.41) is 10.3. The van der Waals surface area contributed by atoms with Crippen LogP contribution in [0.25, 0.3) is 0 Å². The molecular formula is C11H15N5. The first-order valence-corrected chi connectivity index (χ1v) is 5.20. The molecule has 2 aromatic rings. The zero-order chi connectivity index (χ0) is 11.5. The lowest BCUT2D eigenvalue weighted by atomic mass is 10.2. The maximum absolute atomic E-state index is 4.20. The van der Waals surface area contributed by atoms with Gasteiger partial charge in [-0.3, -0.25) is 5.10 Å². The summed E-state index contributed by atoms with van der Waals surface area (Å²) >= 11 is 0. The number of nitrogens with zero attached hydrogens (tertiary/aromatic N) is 3. The van der Waals surface area contributed by atoms with E-state index in [4.69, 9.17) is 0 Å². The van der Waals surface area contributed by atoms with Gasteiger partial charge in [0.15, 0.2) is 0 Å². The number of hydrogen-bond acceptors (Lipinski definition) is 4. The highest BCUT2D eigenvalue weighted by Gasteiger charge is 2.05. The van der Waals surface area contributed by atoms with Crippen LogP contribution in [0.1, 0.15) is 22.5 Å². The van der Waals surface area contributed by atoms with E-state index in [0.29, 0.717) is 12.5 Å². The molecule has 0 bridgehead atoms. The monoisotopic (exact) mass is 217 g/mol. The molecule has 5 heteroatoms. The Morgan fingerprint density at radius 3 is 2.44 bits per heavy atom. The topological polar surface area (TPSA) is 66.5 Å². The molecule has 0 aliphatic heterocycles. The van der Waals surface area contributed by atoms with Crippen molar-refractivity contribution in [2.75, 3.05) is 5.32 Å². The van der Waals surface area contributed by atoms with Crippen LogP contribution >= 0.6 is 0 Å². The van der Waals surface area contributed by atoms with Gasteiger partial charge in [0.05, 0.1) is 12.2 Å². The van der Waals surface area contributed by atoms with E-state index in [1.807, 2.05) is 20.8 Å². The molecule has 0 unspecified atom stereocenters. The third-order valence-corrected chi connectivity index (χ3v) is 2.55. The first kappa shape index (κ1) is 10.6. The van der Waals surface area contributed by atoms with Crippen molar-refractivity contribution < 1.29 is 0 Å². The lowest BCUT2D eigenvalue weighted by Gasteiger charge is -2.03. The van der Waals surface area contributed by atoms with Gasteiger partial charge in [0.1, 0.15) is 0 Å². The highest BCUT2D eigenvalue weighted by atomic mass is 15.2. The molecule has 0 saturated heterocycles. The molecule has 2 heterocycles. The van der Waals surface area contributed by atoms with E-state index < -0.39 is 0 Å². The van der Waals surface area contributed by atoms with Gasteiger partial charge in [0.25, 0.3) is 0 Å². The predicted molar refractivity (Wildman–Crippen MR) is 62.2 cm³/mol. The van der Waals surface area contributed by atoms with Crippen molar-refractivity contribution in [1.29, 1.82) is 0 Å². The normalized spacial score (nSPS) is 10.4. The van der Waals surface area contributed by atoms with Gasteiger partial charge in [-0.25, -0.2) is 9.97 Å². The van der Waals surface area contributed by atoms with E-state index in [-0.39, 0.29) is 0 Å². The smallest absolute Gasteiger partial charge is 0.222 e. The van der Waals surface area contributed by atoms with Crippen LogP contribution in [-0.2, 0) is 6.54 Å². The molecule has 0 aromatic carbocycles. The molecule has 16 heavy (non-hydrogen) atoms. The molecule has 2 N–H and O–H groups in total. The van der Waals surface area contributed by atoms with Crippen LogP contribution in [0.5, 0.6) is 0 Å².